The third-order valence-corrected chi connectivity index (χ3v) is 5.26. The molecule has 0 spiro atoms. The van der Waals surface area contributed by atoms with E-state index in [9.17, 15) is 8.42 Å². The van der Waals surface area contributed by atoms with E-state index in [1.54, 1.807) is 19.1 Å². The Kier molecular flexibility index (Phi) is 6.33. The molecule has 29 heavy (non-hydrogen) atoms. The lowest BCUT2D eigenvalue weighted by atomic mass is 10.1. The van der Waals surface area contributed by atoms with Crippen LogP contribution < -0.4 is 4.74 Å². The topological polar surface area (TPSA) is 93.6 Å². The minimum absolute atomic E-state index is 0.0657. The highest BCUT2D eigenvalue weighted by Gasteiger charge is 2.16. The zero-order valence-corrected chi connectivity index (χ0v) is 17.4. The molecule has 0 aliphatic heterocycles. The number of H-pyrrole nitrogens is 1. The Morgan fingerprint density at radius 2 is 1.86 bits per heavy atom. The quantitative estimate of drug-likeness (QED) is 0.443. The molecule has 0 radical (unpaired) electrons. The second-order valence-electron chi connectivity index (χ2n) is 6.55. The SMILES string of the molecule is CCOc1ccccc1-c1cc(CC(C)=NOS(=O)(=O)c2ccc(C)cc2)[nH]n1. The third kappa shape index (κ3) is 5.23. The molecule has 152 valence electrons. The number of aromatic nitrogens is 2. The van der Waals surface area contributed by atoms with E-state index in [1.165, 1.54) is 12.1 Å². The molecular formula is C21H23N3O4S. The van der Waals surface area contributed by atoms with E-state index in [-0.39, 0.29) is 4.90 Å². The number of hydrogen-bond acceptors (Lipinski definition) is 6. The Bertz CT molecular complexity index is 1100. The van der Waals surface area contributed by atoms with Gasteiger partial charge >= 0.3 is 10.1 Å². The first-order chi connectivity index (χ1) is 13.9. The molecule has 3 aromatic rings. The summed E-state index contributed by atoms with van der Waals surface area (Å²) in [5, 5.41) is 11.1. The largest absolute Gasteiger partial charge is 0.493 e. The molecule has 8 heteroatoms. The second kappa shape index (κ2) is 8.91. The summed E-state index contributed by atoms with van der Waals surface area (Å²) in [5.41, 5.74) is 3.86. The molecule has 1 heterocycles. The van der Waals surface area contributed by atoms with Gasteiger partial charge in [-0.05, 0) is 51.1 Å². The lowest BCUT2D eigenvalue weighted by Gasteiger charge is -2.07. The molecule has 2 aromatic carbocycles. The highest BCUT2D eigenvalue weighted by molar-refractivity contribution is 7.86. The standard InChI is InChI=1S/C21H23N3O4S/c1-4-27-21-8-6-5-7-19(21)20-14-17(22-23-20)13-16(3)24-28-29(25,26)18-11-9-15(2)10-12-18/h5-12,14H,4,13H2,1-3H3,(H,22,23). The molecule has 0 unspecified atom stereocenters. The Labute approximate surface area is 170 Å². The monoisotopic (exact) mass is 413 g/mol. The molecule has 0 fully saturated rings. The van der Waals surface area contributed by atoms with Crippen LogP contribution in [-0.4, -0.2) is 30.9 Å². The van der Waals surface area contributed by atoms with Crippen LogP contribution in [0.2, 0.25) is 0 Å². The molecule has 7 nitrogen and oxygen atoms in total. The van der Waals surface area contributed by atoms with Crippen LogP contribution in [0.1, 0.15) is 25.1 Å². The van der Waals surface area contributed by atoms with Gasteiger partial charge in [-0.25, -0.2) is 0 Å². The van der Waals surface area contributed by atoms with Crippen molar-refractivity contribution in [3.05, 3.63) is 65.9 Å². The molecule has 0 saturated heterocycles. The van der Waals surface area contributed by atoms with Crippen LogP contribution in [0.25, 0.3) is 11.3 Å². The molecule has 0 aliphatic rings. The molecule has 0 atom stereocenters. The first-order valence-corrected chi connectivity index (χ1v) is 10.6. The van der Waals surface area contributed by atoms with E-state index in [4.69, 9.17) is 9.02 Å². The zero-order chi connectivity index (χ0) is 20.9. The summed E-state index contributed by atoms with van der Waals surface area (Å²) in [7, 11) is -3.94. The summed E-state index contributed by atoms with van der Waals surface area (Å²) in [5.74, 6) is 0.756. The van der Waals surface area contributed by atoms with E-state index in [0.717, 1.165) is 28.3 Å². The normalized spacial score (nSPS) is 12.0. The third-order valence-electron chi connectivity index (χ3n) is 4.14. The fourth-order valence-electron chi connectivity index (χ4n) is 2.72. The van der Waals surface area contributed by atoms with Crippen molar-refractivity contribution >= 4 is 15.8 Å². The van der Waals surface area contributed by atoms with Crippen molar-refractivity contribution in [3.8, 4) is 17.0 Å². The highest BCUT2D eigenvalue weighted by Crippen LogP contribution is 2.28. The van der Waals surface area contributed by atoms with Gasteiger partial charge in [-0.1, -0.05) is 35.0 Å². The van der Waals surface area contributed by atoms with Crippen molar-refractivity contribution in [2.45, 2.75) is 32.1 Å². The van der Waals surface area contributed by atoms with E-state index >= 15 is 0 Å². The van der Waals surface area contributed by atoms with Crippen LogP contribution in [0.4, 0.5) is 0 Å². The first-order valence-electron chi connectivity index (χ1n) is 9.19. The molecular weight excluding hydrogens is 390 g/mol. The maximum Gasteiger partial charge on any atom is 0.358 e. The van der Waals surface area contributed by atoms with Gasteiger partial charge in [0, 0.05) is 17.7 Å². The summed E-state index contributed by atoms with van der Waals surface area (Å²) in [4.78, 5) is 0.0657. The van der Waals surface area contributed by atoms with Gasteiger partial charge in [0.2, 0.25) is 0 Å². The Morgan fingerprint density at radius 1 is 1.14 bits per heavy atom. The number of ether oxygens (including phenoxy) is 1. The summed E-state index contributed by atoms with van der Waals surface area (Å²) >= 11 is 0. The number of hydrogen-bond donors (Lipinski definition) is 1. The van der Waals surface area contributed by atoms with Crippen LogP contribution in [-0.2, 0) is 20.8 Å². The molecule has 1 aromatic heterocycles. The number of benzene rings is 2. The Hall–Kier alpha value is -3.13. The second-order valence-corrected chi connectivity index (χ2v) is 8.08. The molecule has 0 bridgehead atoms. The van der Waals surface area contributed by atoms with Gasteiger partial charge in [0.05, 0.1) is 18.0 Å². The van der Waals surface area contributed by atoms with E-state index in [0.29, 0.717) is 18.7 Å². The van der Waals surface area contributed by atoms with Gasteiger partial charge < -0.3 is 4.74 Å². The van der Waals surface area contributed by atoms with Crippen LogP contribution >= 0.6 is 0 Å². The maximum absolute atomic E-state index is 12.2. The van der Waals surface area contributed by atoms with Crippen molar-refractivity contribution in [2.24, 2.45) is 5.16 Å². The fraction of sp³-hybridized carbons (Fsp3) is 0.238. The Balaban J connectivity index is 1.70. The molecule has 0 amide bonds. The van der Waals surface area contributed by atoms with Crippen molar-refractivity contribution in [3.63, 3.8) is 0 Å². The lowest BCUT2D eigenvalue weighted by molar-refractivity contribution is 0.337. The first kappa shape index (κ1) is 20.6. The number of aryl methyl sites for hydroxylation is 1. The summed E-state index contributed by atoms with van der Waals surface area (Å²) in [6, 6.07) is 15.9. The van der Waals surface area contributed by atoms with E-state index < -0.39 is 10.1 Å². The van der Waals surface area contributed by atoms with E-state index in [1.807, 2.05) is 44.2 Å². The van der Waals surface area contributed by atoms with Gasteiger partial charge in [-0.3, -0.25) is 9.38 Å². The number of aromatic amines is 1. The summed E-state index contributed by atoms with van der Waals surface area (Å²) in [6.07, 6.45) is 0.368. The van der Waals surface area contributed by atoms with Crippen molar-refractivity contribution in [2.75, 3.05) is 6.61 Å². The zero-order valence-electron chi connectivity index (χ0n) is 16.5. The predicted molar refractivity (Wildman–Crippen MR) is 111 cm³/mol. The smallest absolute Gasteiger partial charge is 0.358 e. The van der Waals surface area contributed by atoms with Crippen LogP contribution in [0.3, 0.4) is 0 Å². The number of nitrogens with zero attached hydrogens (tertiary/aromatic N) is 2. The number of para-hydroxylation sites is 1. The average molecular weight is 413 g/mol. The highest BCUT2D eigenvalue weighted by atomic mass is 32.2. The van der Waals surface area contributed by atoms with Crippen LogP contribution in [0.5, 0.6) is 5.75 Å². The van der Waals surface area contributed by atoms with Crippen molar-refractivity contribution < 1.29 is 17.4 Å². The number of oxime groups is 1. The lowest BCUT2D eigenvalue weighted by Crippen LogP contribution is -2.06. The maximum atomic E-state index is 12.2. The van der Waals surface area contributed by atoms with Gasteiger partial charge in [0.25, 0.3) is 0 Å². The van der Waals surface area contributed by atoms with Gasteiger partial charge in [0.1, 0.15) is 10.6 Å². The molecule has 0 aliphatic carbocycles. The van der Waals surface area contributed by atoms with Crippen molar-refractivity contribution in [1.29, 1.82) is 0 Å². The molecule has 1 N–H and O–H groups in total. The molecule has 3 rings (SSSR count). The van der Waals surface area contributed by atoms with E-state index in [2.05, 4.69) is 15.4 Å². The van der Waals surface area contributed by atoms with Gasteiger partial charge in [-0.2, -0.15) is 13.5 Å². The number of rotatable bonds is 8. The van der Waals surface area contributed by atoms with Gasteiger partial charge in [-0.15, -0.1) is 0 Å². The number of nitrogens with one attached hydrogen (secondary N) is 1. The minimum atomic E-state index is -3.94. The summed E-state index contributed by atoms with van der Waals surface area (Å²) < 4.78 is 34.9. The van der Waals surface area contributed by atoms with Crippen LogP contribution in [0, 0.1) is 6.92 Å². The molecule has 0 saturated carbocycles. The minimum Gasteiger partial charge on any atom is -0.493 e. The van der Waals surface area contributed by atoms with Gasteiger partial charge in [0.15, 0.2) is 0 Å². The average Bonchev–Trinajstić information content (AvgIpc) is 3.16. The Morgan fingerprint density at radius 3 is 2.59 bits per heavy atom. The fourth-order valence-corrected chi connectivity index (χ4v) is 3.50. The predicted octanol–water partition coefficient (Wildman–Crippen LogP) is 4.11. The van der Waals surface area contributed by atoms with Crippen molar-refractivity contribution in [1.82, 2.24) is 10.2 Å². The summed E-state index contributed by atoms with van der Waals surface area (Å²) in [6.45, 7) is 6.06. The van der Waals surface area contributed by atoms with Crippen LogP contribution in [0.15, 0.2) is 64.6 Å².